The number of amides is 2. The molecule has 3 N–H and O–H groups in total. The largest absolute Gasteiger partial charge is 0.356 e. The molecule has 5 nitrogen and oxygen atoms in total. The Labute approximate surface area is 268 Å². The molecule has 0 aromatic rings. The van der Waals surface area contributed by atoms with Crippen LogP contribution in [0.4, 0.5) is 0 Å². The van der Waals surface area contributed by atoms with Gasteiger partial charge in [0.05, 0.1) is 11.8 Å². The van der Waals surface area contributed by atoms with Crippen molar-refractivity contribution in [2.75, 3.05) is 26.2 Å². The molecule has 0 saturated carbocycles. The standard InChI is InChI=1S/C38H75N3O2/c1-3-5-7-9-11-13-15-17-19-21-23-25-27-29-31-40-37(42)35-33-39-34-36(35)38(43)41-32-30-28-26-24-22-20-18-16-14-12-10-8-6-4-2/h35-36,39H,3-34H2,1-2H3,(H,40,42)(H,41,43). The van der Waals surface area contributed by atoms with Gasteiger partial charge >= 0.3 is 0 Å². The van der Waals surface area contributed by atoms with E-state index in [9.17, 15) is 9.59 Å². The molecule has 2 amide bonds. The topological polar surface area (TPSA) is 70.2 Å². The number of hydrogen-bond donors (Lipinski definition) is 3. The van der Waals surface area contributed by atoms with Crippen LogP contribution in [0.1, 0.15) is 194 Å². The lowest BCUT2D eigenvalue weighted by molar-refractivity contribution is -0.132. The maximum absolute atomic E-state index is 12.8. The number of hydrogen-bond acceptors (Lipinski definition) is 3. The lowest BCUT2D eigenvalue weighted by Crippen LogP contribution is -2.42. The summed E-state index contributed by atoms with van der Waals surface area (Å²) in [5.41, 5.74) is 0. The van der Waals surface area contributed by atoms with E-state index in [0.717, 1.165) is 25.9 Å². The first-order valence-electron chi connectivity index (χ1n) is 19.5. The first kappa shape index (κ1) is 39.9. The Morgan fingerprint density at radius 3 is 0.907 bits per heavy atom. The monoisotopic (exact) mass is 606 g/mol. The van der Waals surface area contributed by atoms with Crippen LogP contribution in [0.3, 0.4) is 0 Å². The predicted molar refractivity (Wildman–Crippen MR) is 186 cm³/mol. The third-order valence-electron chi connectivity index (χ3n) is 9.55. The molecule has 0 aromatic heterocycles. The summed E-state index contributed by atoms with van der Waals surface area (Å²) >= 11 is 0. The first-order chi connectivity index (χ1) is 21.2. The zero-order chi connectivity index (χ0) is 31.1. The highest BCUT2D eigenvalue weighted by atomic mass is 16.2. The minimum absolute atomic E-state index is 0.0522. The summed E-state index contributed by atoms with van der Waals surface area (Å²) in [6.07, 6.45) is 37.5. The van der Waals surface area contributed by atoms with E-state index >= 15 is 0 Å². The molecule has 0 bridgehead atoms. The molecule has 1 rings (SSSR count). The predicted octanol–water partition coefficient (Wildman–Crippen LogP) is 10.0. The molecule has 0 aliphatic carbocycles. The van der Waals surface area contributed by atoms with Crippen molar-refractivity contribution in [3.8, 4) is 0 Å². The molecule has 43 heavy (non-hydrogen) atoms. The van der Waals surface area contributed by atoms with Gasteiger partial charge in [-0.1, -0.05) is 181 Å². The molecule has 0 aromatic carbocycles. The van der Waals surface area contributed by atoms with Crippen LogP contribution in [-0.2, 0) is 9.59 Å². The fourth-order valence-electron chi connectivity index (χ4n) is 6.55. The smallest absolute Gasteiger partial charge is 0.225 e. The fourth-order valence-corrected chi connectivity index (χ4v) is 6.55. The molecule has 1 aliphatic heterocycles. The number of nitrogens with one attached hydrogen (secondary N) is 3. The highest BCUT2D eigenvalue weighted by Gasteiger charge is 2.37. The van der Waals surface area contributed by atoms with Crippen LogP contribution < -0.4 is 16.0 Å². The van der Waals surface area contributed by atoms with Crippen LogP contribution in [0.25, 0.3) is 0 Å². The van der Waals surface area contributed by atoms with Gasteiger partial charge in [0.15, 0.2) is 0 Å². The Hall–Kier alpha value is -1.10. The summed E-state index contributed by atoms with van der Waals surface area (Å²) in [7, 11) is 0. The quantitative estimate of drug-likeness (QED) is 0.0668. The van der Waals surface area contributed by atoms with E-state index in [0.29, 0.717) is 13.1 Å². The van der Waals surface area contributed by atoms with Gasteiger partial charge in [0, 0.05) is 26.2 Å². The second kappa shape index (κ2) is 30.9. The van der Waals surface area contributed by atoms with E-state index < -0.39 is 0 Å². The highest BCUT2D eigenvalue weighted by molar-refractivity contribution is 5.88. The third kappa shape index (κ3) is 23.9. The van der Waals surface area contributed by atoms with E-state index in [4.69, 9.17) is 0 Å². The number of carbonyl (C=O) groups excluding carboxylic acids is 2. The summed E-state index contributed by atoms with van der Waals surface area (Å²) in [6, 6.07) is 0. The molecular formula is C38H75N3O2. The van der Waals surface area contributed by atoms with Crippen molar-refractivity contribution in [1.82, 2.24) is 16.0 Å². The van der Waals surface area contributed by atoms with Gasteiger partial charge in [-0.25, -0.2) is 0 Å². The molecule has 0 radical (unpaired) electrons. The van der Waals surface area contributed by atoms with Gasteiger partial charge in [0.25, 0.3) is 0 Å². The first-order valence-corrected chi connectivity index (χ1v) is 19.5. The Bertz CT molecular complexity index is 574. The van der Waals surface area contributed by atoms with Crippen molar-refractivity contribution in [2.45, 2.75) is 194 Å². The van der Waals surface area contributed by atoms with Gasteiger partial charge < -0.3 is 16.0 Å². The van der Waals surface area contributed by atoms with E-state index in [1.165, 1.54) is 167 Å². The van der Waals surface area contributed by atoms with Crippen LogP contribution in [-0.4, -0.2) is 38.0 Å². The molecule has 1 saturated heterocycles. The molecule has 1 fully saturated rings. The summed E-state index contributed by atoms with van der Waals surface area (Å²) in [6.45, 7) is 7.26. The number of rotatable bonds is 32. The SMILES string of the molecule is CCCCCCCCCCCCCCCCNC(=O)C1CNCC1C(=O)NCCCCCCCCCCCCCCCC. The lowest BCUT2D eigenvalue weighted by Gasteiger charge is -2.18. The fraction of sp³-hybridized carbons (Fsp3) is 0.947. The molecule has 1 aliphatic rings. The maximum atomic E-state index is 12.8. The van der Waals surface area contributed by atoms with Crippen molar-refractivity contribution in [1.29, 1.82) is 0 Å². The molecule has 2 unspecified atom stereocenters. The Balaban J connectivity index is 1.93. The second-order valence-electron chi connectivity index (χ2n) is 13.6. The van der Waals surface area contributed by atoms with Crippen LogP contribution >= 0.6 is 0 Å². The van der Waals surface area contributed by atoms with E-state index in [2.05, 4.69) is 29.8 Å². The van der Waals surface area contributed by atoms with E-state index in [-0.39, 0.29) is 23.7 Å². The van der Waals surface area contributed by atoms with Crippen LogP contribution in [0.2, 0.25) is 0 Å². The van der Waals surface area contributed by atoms with Crippen LogP contribution in [0.5, 0.6) is 0 Å². The maximum Gasteiger partial charge on any atom is 0.225 e. The van der Waals surface area contributed by atoms with Gasteiger partial charge in [-0.05, 0) is 12.8 Å². The molecular weight excluding hydrogens is 530 g/mol. The Kier molecular flexibility index (Phi) is 28.7. The third-order valence-corrected chi connectivity index (χ3v) is 9.55. The minimum Gasteiger partial charge on any atom is -0.356 e. The van der Waals surface area contributed by atoms with Crippen molar-refractivity contribution in [2.24, 2.45) is 11.8 Å². The number of unbranched alkanes of at least 4 members (excludes halogenated alkanes) is 26. The molecule has 0 spiro atoms. The normalized spacial score (nSPS) is 16.5. The molecule has 254 valence electrons. The average Bonchev–Trinajstić information content (AvgIpc) is 3.51. The van der Waals surface area contributed by atoms with Gasteiger partial charge in [-0.3, -0.25) is 9.59 Å². The van der Waals surface area contributed by atoms with Gasteiger partial charge in [0.1, 0.15) is 0 Å². The van der Waals surface area contributed by atoms with Crippen molar-refractivity contribution in [3.05, 3.63) is 0 Å². The van der Waals surface area contributed by atoms with Crippen LogP contribution in [0.15, 0.2) is 0 Å². The van der Waals surface area contributed by atoms with Gasteiger partial charge in [-0.15, -0.1) is 0 Å². The average molecular weight is 606 g/mol. The van der Waals surface area contributed by atoms with E-state index in [1.807, 2.05) is 0 Å². The number of carbonyl (C=O) groups is 2. The minimum atomic E-state index is -0.233. The van der Waals surface area contributed by atoms with Crippen LogP contribution in [0, 0.1) is 11.8 Å². The lowest BCUT2D eigenvalue weighted by atomic mass is 9.94. The van der Waals surface area contributed by atoms with Crippen molar-refractivity contribution in [3.63, 3.8) is 0 Å². The van der Waals surface area contributed by atoms with E-state index in [1.54, 1.807) is 0 Å². The molecule has 5 heteroatoms. The Morgan fingerprint density at radius 2 is 0.651 bits per heavy atom. The zero-order valence-electron chi connectivity index (χ0n) is 29.1. The molecule has 2 atom stereocenters. The van der Waals surface area contributed by atoms with Crippen molar-refractivity contribution < 1.29 is 9.59 Å². The second-order valence-corrected chi connectivity index (χ2v) is 13.6. The summed E-state index contributed by atoms with van der Waals surface area (Å²) in [5, 5.41) is 9.50. The molecule has 1 heterocycles. The zero-order valence-corrected chi connectivity index (χ0v) is 29.1. The summed E-state index contributed by atoms with van der Waals surface area (Å²) in [4.78, 5) is 25.6. The highest BCUT2D eigenvalue weighted by Crippen LogP contribution is 2.18. The van der Waals surface area contributed by atoms with Crippen molar-refractivity contribution >= 4 is 11.8 Å². The van der Waals surface area contributed by atoms with Gasteiger partial charge in [0.2, 0.25) is 11.8 Å². The Morgan fingerprint density at radius 1 is 0.419 bits per heavy atom. The summed E-state index contributed by atoms with van der Waals surface area (Å²) in [5.74, 6) is -0.362. The summed E-state index contributed by atoms with van der Waals surface area (Å²) < 4.78 is 0. The van der Waals surface area contributed by atoms with Gasteiger partial charge in [-0.2, -0.15) is 0 Å².